The van der Waals surface area contributed by atoms with Crippen LogP contribution in [0.2, 0.25) is 0 Å². The molecule has 1 N–H and O–H groups in total. The molecule has 106 valence electrons. The van der Waals surface area contributed by atoms with Crippen LogP contribution < -0.4 is 5.32 Å². The minimum Gasteiger partial charge on any atom is -0.316 e. The number of hydrogen-bond donors (Lipinski definition) is 1. The van der Waals surface area contributed by atoms with E-state index in [0.717, 1.165) is 5.92 Å². The molecular formula is C17H28N2. The topological polar surface area (TPSA) is 15.3 Å². The van der Waals surface area contributed by atoms with E-state index < -0.39 is 0 Å². The van der Waals surface area contributed by atoms with Gasteiger partial charge in [0.1, 0.15) is 0 Å². The monoisotopic (exact) mass is 260 g/mol. The molecule has 1 aromatic rings. The van der Waals surface area contributed by atoms with Crippen LogP contribution >= 0.6 is 0 Å². The van der Waals surface area contributed by atoms with E-state index in [2.05, 4.69) is 56.4 Å². The Hall–Kier alpha value is -0.860. The Bertz CT molecular complexity index is 406. The minimum absolute atomic E-state index is 0.546. The maximum absolute atomic E-state index is 3.54. The third-order valence-electron chi connectivity index (χ3n) is 4.37. The largest absolute Gasteiger partial charge is 0.316 e. The van der Waals surface area contributed by atoms with E-state index in [1.807, 2.05) is 0 Å². The van der Waals surface area contributed by atoms with Crippen molar-refractivity contribution in [2.75, 3.05) is 27.2 Å². The van der Waals surface area contributed by atoms with Crippen molar-refractivity contribution in [2.24, 2.45) is 5.92 Å². The second-order valence-electron chi connectivity index (χ2n) is 6.29. The second kappa shape index (κ2) is 6.53. The Balaban J connectivity index is 2.16. The summed E-state index contributed by atoms with van der Waals surface area (Å²) in [4.78, 5) is 2.39. The number of benzene rings is 1. The second-order valence-corrected chi connectivity index (χ2v) is 6.29. The molecule has 2 heteroatoms. The fourth-order valence-corrected chi connectivity index (χ4v) is 3.18. The highest BCUT2D eigenvalue weighted by Crippen LogP contribution is 2.31. The molecule has 1 saturated heterocycles. The van der Waals surface area contributed by atoms with Crippen molar-refractivity contribution >= 4 is 0 Å². The maximum atomic E-state index is 3.54. The molecule has 1 aliphatic heterocycles. The average Bonchev–Trinajstić information content (AvgIpc) is 2.40. The van der Waals surface area contributed by atoms with Gasteiger partial charge in [0.05, 0.1) is 0 Å². The Morgan fingerprint density at radius 2 is 2.11 bits per heavy atom. The highest BCUT2D eigenvalue weighted by atomic mass is 15.1. The van der Waals surface area contributed by atoms with Crippen molar-refractivity contribution in [1.82, 2.24) is 10.2 Å². The van der Waals surface area contributed by atoms with Crippen LogP contribution in [0.1, 0.15) is 42.0 Å². The van der Waals surface area contributed by atoms with Crippen molar-refractivity contribution in [3.8, 4) is 0 Å². The Morgan fingerprint density at radius 3 is 2.74 bits per heavy atom. The maximum Gasteiger partial charge on any atom is 0.0347 e. The van der Waals surface area contributed by atoms with Gasteiger partial charge < -0.3 is 10.2 Å². The summed E-state index contributed by atoms with van der Waals surface area (Å²) < 4.78 is 0. The third-order valence-corrected chi connectivity index (χ3v) is 4.37. The minimum atomic E-state index is 0.546. The lowest BCUT2D eigenvalue weighted by Crippen LogP contribution is -2.33. The molecular weight excluding hydrogens is 232 g/mol. The molecule has 1 fully saturated rings. The summed E-state index contributed by atoms with van der Waals surface area (Å²) in [6, 6.07) is 7.40. The van der Waals surface area contributed by atoms with E-state index in [1.165, 1.54) is 49.0 Å². The van der Waals surface area contributed by atoms with Crippen LogP contribution in [0, 0.1) is 19.8 Å². The SMILES string of the molecule is Cc1ccc(C)c(C(CC2CCCNC2)N(C)C)c1. The van der Waals surface area contributed by atoms with Gasteiger partial charge in [0.2, 0.25) is 0 Å². The van der Waals surface area contributed by atoms with Crippen molar-refractivity contribution < 1.29 is 0 Å². The van der Waals surface area contributed by atoms with Gasteiger partial charge in [0.15, 0.2) is 0 Å². The van der Waals surface area contributed by atoms with E-state index in [1.54, 1.807) is 0 Å². The van der Waals surface area contributed by atoms with Gasteiger partial charge >= 0.3 is 0 Å². The predicted octanol–water partition coefficient (Wildman–Crippen LogP) is 3.30. The Morgan fingerprint density at radius 1 is 1.32 bits per heavy atom. The molecule has 19 heavy (non-hydrogen) atoms. The van der Waals surface area contributed by atoms with Gasteiger partial charge in [0, 0.05) is 6.04 Å². The first kappa shape index (κ1) is 14.5. The molecule has 0 spiro atoms. The molecule has 2 nitrogen and oxygen atoms in total. The summed E-state index contributed by atoms with van der Waals surface area (Å²) in [6.07, 6.45) is 3.98. The summed E-state index contributed by atoms with van der Waals surface area (Å²) in [6.45, 7) is 6.82. The van der Waals surface area contributed by atoms with Crippen molar-refractivity contribution in [1.29, 1.82) is 0 Å². The number of nitrogens with zero attached hydrogens (tertiary/aromatic N) is 1. The molecule has 0 amide bonds. The lowest BCUT2D eigenvalue weighted by atomic mass is 9.87. The highest BCUT2D eigenvalue weighted by Gasteiger charge is 2.22. The van der Waals surface area contributed by atoms with Crippen LogP contribution in [-0.2, 0) is 0 Å². The summed E-state index contributed by atoms with van der Waals surface area (Å²) >= 11 is 0. The zero-order valence-electron chi connectivity index (χ0n) is 12.9. The van der Waals surface area contributed by atoms with Gasteiger partial charge in [0.25, 0.3) is 0 Å². The standard InChI is InChI=1S/C17H28N2/c1-13-7-8-14(2)16(10-13)17(19(3)4)11-15-6-5-9-18-12-15/h7-8,10,15,17-18H,5-6,9,11-12H2,1-4H3. The van der Waals surface area contributed by atoms with Crippen LogP contribution in [0.5, 0.6) is 0 Å². The Kier molecular flexibility index (Phi) is 5.00. The van der Waals surface area contributed by atoms with Gasteiger partial charge in [-0.1, -0.05) is 23.8 Å². The van der Waals surface area contributed by atoms with Gasteiger partial charge in [-0.25, -0.2) is 0 Å². The average molecular weight is 260 g/mol. The molecule has 2 unspecified atom stereocenters. The summed E-state index contributed by atoms with van der Waals surface area (Å²) in [5.74, 6) is 0.820. The van der Waals surface area contributed by atoms with Crippen molar-refractivity contribution in [2.45, 2.75) is 39.2 Å². The number of hydrogen-bond acceptors (Lipinski definition) is 2. The van der Waals surface area contributed by atoms with Crippen LogP contribution in [0.3, 0.4) is 0 Å². The first-order valence-corrected chi connectivity index (χ1v) is 7.52. The van der Waals surface area contributed by atoms with Crippen molar-refractivity contribution in [3.63, 3.8) is 0 Å². The smallest absolute Gasteiger partial charge is 0.0347 e. The summed E-state index contributed by atoms with van der Waals surface area (Å²) in [5, 5.41) is 3.54. The van der Waals surface area contributed by atoms with Crippen LogP contribution in [0.25, 0.3) is 0 Å². The zero-order chi connectivity index (χ0) is 13.8. The molecule has 0 saturated carbocycles. The van der Waals surface area contributed by atoms with Crippen molar-refractivity contribution in [3.05, 3.63) is 34.9 Å². The zero-order valence-corrected chi connectivity index (χ0v) is 12.9. The van der Waals surface area contributed by atoms with Crippen LogP contribution in [0.4, 0.5) is 0 Å². The molecule has 0 radical (unpaired) electrons. The lowest BCUT2D eigenvalue weighted by Gasteiger charge is -2.32. The van der Waals surface area contributed by atoms with Gasteiger partial charge in [-0.15, -0.1) is 0 Å². The number of piperidine rings is 1. The molecule has 0 bridgehead atoms. The van der Waals surface area contributed by atoms with E-state index >= 15 is 0 Å². The number of aryl methyl sites for hydroxylation is 2. The molecule has 2 atom stereocenters. The number of nitrogens with one attached hydrogen (secondary N) is 1. The normalized spacial score (nSPS) is 21.6. The molecule has 1 aromatic carbocycles. The fraction of sp³-hybridized carbons (Fsp3) is 0.647. The first-order valence-electron chi connectivity index (χ1n) is 7.52. The van der Waals surface area contributed by atoms with Gasteiger partial charge in [-0.2, -0.15) is 0 Å². The van der Waals surface area contributed by atoms with Crippen LogP contribution in [0.15, 0.2) is 18.2 Å². The molecule has 2 rings (SSSR count). The predicted molar refractivity (Wildman–Crippen MR) is 82.6 cm³/mol. The van der Waals surface area contributed by atoms with Gasteiger partial charge in [-0.3, -0.25) is 0 Å². The quantitative estimate of drug-likeness (QED) is 0.893. The molecule has 0 aromatic heterocycles. The van der Waals surface area contributed by atoms with Gasteiger partial charge in [-0.05, 0) is 77.3 Å². The lowest BCUT2D eigenvalue weighted by molar-refractivity contribution is 0.225. The Labute approximate surface area is 118 Å². The third kappa shape index (κ3) is 3.80. The summed E-state index contributed by atoms with van der Waals surface area (Å²) in [7, 11) is 4.42. The summed E-state index contributed by atoms with van der Waals surface area (Å²) in [5.41, 5.74) is 4.30. The van der Waals surface area contributed by atoms with E-state index in [-0.39, 0.29) is 0 Å². The molecule has 0 aliphatic carbocycles. The first-order chi connectivity index (χ1) is 9.08. The molecule has 1 aliphatic rings. The number of rotatable bonds is 4. The fourth-order valence-electron chi connectivity index (χ4n) is 3.18. The van der Waals surface area contributed by atoms with E-state index in [0.29, 0.717) is 6.04 Å². The highest BCUT2D eigenvalue weighted by molar-refractivity contribution is 5.33. The molecule has 1 heterocycles. The van der Waals surface area contributed by atoms with E-state index in [9.17, 15) is 0 Å². The van der Waals surface area contributed by atoms with Crippen LogP contribution in [-0.4, -0.2) is 32.1 Å². The van der Waals surface area contributed by atoms with E-state index in [4.69, 9.17) is 0 Å².